The lowest BCUT2D eigenvalue weighted by atomic mass is 9.95. The topological polar surface area (TPSA) is 79.7 Å². The molecular weight excluding hydrogens is 455 g/mol. The van der Waals surface area contributed by atoms with E-state index in [2.05, 4.69) is 4.98 Å². The predicted octanol–water partition coefficient (Wildman–Crippen LogP) is 5.38. The molecule has 1 N–H and O–H groups in total. The number of thiazole rings is 1. The predicted molar refractivity (Wildman–Crippen MR) is 129 cm³/mol. The molecule has 0 spiro atoms. The van der Waals surface area contributed by atoms with E-state index in [1.54, 1.807) is 24.3 Å². The fraction of sp³-hybridized carbons (Fsp3) is 0.115. The minimum absolute atomic E-state index is 0.0375. The maximum atomic E-state index is 13.7. The number of ether oxygens (including phenoxy) is 1. The zero-order valence-corrected chi connectivity index (χ0v) is 19.1. The molecule has 1 aliphatic heterocycles. The molecule has 5 rings (SSSR count). The quantitative estimate of drug-likeness (QED) is 0.244. The number of methoxy groups -OCH3 is 1. The summed E-state index contributed by atoms with van der Waals surface area (Å²) in [4.78, 5) is 32.3. The molecular formula is C26H19FN2O4S. The number of anilines is 1. The van der Waals surface area contributed by atoms with Crippen LogP contribution in [0.1, 0.15) is 22.7 Å². The molecule has 1 fully saturated rings. The average Bonchev–Trinajstić information content (AvgIpc) is 3.37. The maximum Gasteiger partial charge on any atom is 0.301 e. The highest BCUT2D eigenvalue weighted by molar-refractivity contribution is 7.22. The van der Waals surface area contributed by atoms with Crippen molar-refractivity contribution in [2.75, 3.05) is 12.0 Å². The van der Waals surface area contributed by atoms with Gasteiger partial charge in [-0.3, -0.25) is 14.5 Å². The summed E-state index contributed by atoms with van der Waals surface area (Å²) in [7, 11) is 1.53. The molecule has 34 heavy (non-hydrogen) atoms. The Kier molecular flexibility index (Phi) is 5.37. The van der Waals surface area contributed by atoms with Crippen LogP contribution in [0.25, 0.3) is 16.0 Å². The maximum absolute atomic E-state index is 13.7. The van der Waals surface area contributed by atoms with Crippen molar-refractivity contribution in [1.29, 1.82) is 0 Å². The van der Waals surface area contributed by atoms with Crippen molar-refractivity contribution in [3.05, 3.63) is 94.8 Å². The minimum Gasteiger partial charge on any atom is -0.507 e. The number of Topliss-reactive ketones (excluding diaryl/α,β-unsaturated/α-hetero) is 1. The molecule has 0 bridgehead atoms. The van der Waals surface area contributed by atoms with Crippen molar-refractivity contribution in [2.24, 2.45) is 0 Å². The van der Waals surface area contributed by atoms with Gasteiger partial charge in [-0.15, -0.1) is 0 Å². The Morgan fingerprint density at radius 1 is 1.06 bits per heavy atom. The van der Waals surface area contributed by atoms with E-state index in [0.717, 1.165) is 16.9 Å². The number of ketones is 1. The second-order valence-electron chi connectivity index (χ2n) is 7.92. The fourth-order valence-corrected chi connectivity index (χ4v) is 5.00. The van der Waals surface area contributed by atoms with Crippen molar-refractivity contribution in [1.82, 2.24) is 4.98 Å². The molecule has 0 radical (unpaired) electrons. The number of aryl methyl sites for hydroxylation is 1. The molecule has 170 valence electrons. The van der Waals surface area contributed by atoms with Gasteiger partial charge in [-0.1, -0.05) is 41.2 Å². The van der Waals surface area contributed by atoms with Gasteiger partial charge in [0.1, 0.15) is 17.3 Å². The zero-order valence-electron chi connectivity index (χ0n) is 18.3. The van der Waals surface area contributed by atoms with Crippen LogP contribution < -0.4 is 9.64 Å². The Balaban J connectivity index is 1.71. The summed E-state index contributed by atoms with van der Waals surface area (Å²) in [6, 6.07) is 17.2. The highest BCUT2D eigenvalue weighted by atomic mass is 32.1. The van der Waals surface area contributed by atoms with Crippen LogP contribution in [0.3, 0.4) is 0 Å². The van der Waals surface area contributed by atoms with E-state index in [9.17, 15) is 19.1 Å². The van der Waals surface area contributed by atoms with Gasteiger partial charge in [-0.25, -0.2) is 9.37 Å². The SMILES string of the molecule is COc1ccc(/C(O)=C2\C(=O)C(=O)N(c3nc4ccc(F)cc4s3)[C@@H]2c2ccc(C)cc2)cc1. The summed E-state index contributed by atoms with van der Waals surface area (Å²) >= 11 is 1.11. The third-order valence-corrected chi connectivity index (χ3v) is 6.76. The first-order valence-corrected chi connectivity index (χ1v) is 11.3. The number of aromatic nitrogens is 1. The number of carbonyl (C=O) groups is 2. The lowest BCUT2D eigenvalue weighted by molar-refractivity contribution is -0.132. The molecule has 1 atom stereocenters. The number of amides is 1. The van der Waals surface area contributed by atoms with E-state index in [1.807, 2.05) is 31.2 Å². The van der Waals surface area contributed by atoms with Crippen LogP contribution in [0.4, 0.5) is 9.52 Å². The van der Waals surface area contributed by atoms with Gasteiger partial charge in [0.05, 0.1) is 28.9 Å². The largest absolute Gasteiger partial charge is 0.507 e. The van der Waals surface area contributed by atoms with E-state index in [1.165, 1.54) is 30.2 Å². The Morgan fingerprint density at radius 2 is 1.76 bits per heavy atom. The summed E-state index contributed by atoms with van der Waals surface area (Å²) in [6.45, 7) is 1.93. The Morgan fingerprint density at radius 3 is 2.44 bits per heavy atom. The van der Waals surface area contributed by atoms with Crippen LogP contribution >= 0.6 is 11.3 Å². The first kappa shape index (κ1) is 21.8. The van der Waals surface area contributed by atoms with Crippen molar-refractivity contribution in [3.8, 4) is 5.75 Å². The Labute approximate surface area is 198 Å². The van der Waals surface area contributed by atoms with E-state index in [-0.39, 0.29) is 16.5 Å². The number of hydrogen-bond donors (Lipinski definition) is 1. The van der Waals surface area contributed by atoms with E-state index < -0.39 is 23.5 Å². The second-order valence-corrected chi connectivity index (χ2v) is 8.93. The molecule has 2 heterocycles. The van der Waals surface area contributed by atoms with Crippen LogP contribution in [0.2, 0.25) is 0 Å². The molecule has 6 nitrogen and oxygen atoms in total. The lowest BCUT2D eigenvalue weighted by Crippen LogP contribution is -2.29. The van der Waals surface area contributed by atoms with Crippen molar-refractivity contribution < 1.29 is 23.8 Å². The summed E-state index contributed by atoms with van der Waals surface area (Å²) in [5, 5.41) is 11.4. The minimum atomic E-state index is -0.895. The number of carbonyl (C=O) groups excluding carboxylic acids is 2. The van der Waals surface area contributed by atoms with Gasteiger partial charge in [0, 0.05) is 5.56 Å². The van der Waals surface area contributed by atoms with Crippen LogP contribution in [-0.2, 0) is 9.59 Å². The van der Waals surface area contributed by atoms with Gasteiger partial charge >= 0.3 is 5.91 Å². The molecule has 1 saturated heterocycles. The van der Waals surface area contributed by atoms with Crippen molar-refractivity contribution in [3.63, 3.8) is 0 Å². The van der Waals surface area contributed by atoms with Gasteiger partial charge in [-0.2, -0.15) is 0 Å². The van der Waals surface area contributed by atoms with Gasteiger partial charge < -0.3 is 9.84 Å². The normalized spacial score (nSPS) is 17.5. The fourth-order valence-electron chi connectivity index (χ4n) is 3.99. The Bertz CT molecular complexity index is 1460. The van der Waals surface area contributed by atoms with E-state index >= 15 is 0 Å². The van der Waals surface area contributed by atoms with Crippen LogP contribution in [0.5, 0.6) is 5.75 Å². The molecule has 0 saturated carbocycles. The molecule has 1 aromatic heterocycles. The molecule has 0 unspecified atom stereocenters. The van der Waals surface area contributed by atoms with E-state index in [0.29, 0.717) is 27.1 Å². The number of aliphatic hydroxyl groups excluding tert-OH is 1. The average molecular weight is 475 g/mol. The summed E-state index contributed by atoms with van der Waals surface area (Å²) in [5.41, 5.74) is 2.50. The van der Waals surface area contributed by atoms with Crippen LogP contribution in [0.15, 0.2) is 72.3 Å². The highest BCUT2D eigenvalue weighted by Gasteiger charge is 2.48. The highest BCUT2D eigenvalue weighted by Crippen LogP contribution is 2.44. The number of nitrogens with zero attached hydrogens (tertiary/aromatic N) is 2. The first-order valence-electron chi connectivity index (χ1n) is 10.5. The molecule has 1 aliphatic rings. The van der Waals surface area contributed by atoms with Gasteiger partial charge in [0.15, 0.2) is 5.13 Å². The van der Waals surface area contributed by atoms with Gasteiger partial charge in [-0.05, 0) is 55.0 Å². The molecule has 4 aromatic rings. The van der Waals surface area contributed by atoms with Crippen LogP contribution in [0, 0.1) is 12.7 Å². The van der Waals surface area contributed by atoms with Crippen molar-refractivity contribution in [2.45, 2.75) is 13.0 Å². The third kappa shape index (κ3) is 3.62. The Hall–Kier alpha value is -4.04. The second kappa shape index (κ2) is 8.39. The molecule has 8 heteroatoms. The molecule has 0 aliphatic carbocycles. The third-order valence-electron chi connectivity index (χ3n) is 5.75. The van der Waals surface area contributed by atoms with Crippen LogP contribution in [-0.4, -0.2) is 28.9 Å². The van der Waals surface area contributed by atoms with E-state index in [4.69, 9.17) is 4.74 Å². The number of fused-ring (bicyclic) bond motifs is 1. The summed E-state index contributed by atoms with van der Waals surface area (Å²) in [5.74, 6) is -1.74. The smallest absolute Gasteiger partial charge is 0.301 e. The standard InChI is InChI=1S/C26H19FN2O4S/c1-14-3-5-15(6-4-14)22-21(23(30)16-7-10-18(33-2)11-8-16)24(31)25(32)29(22)26-28-19-12-9-17(27)13-20(19)34-26/h3-13,22,30H,1-2H3/b23-21+/t22-/m1/s1. The number of aliphatic hydroxyl groups is 1. The first-order chi connectivity index (χ1) is 16.4. The molecule has 3 aromatic carbocycles. The summed E-state index contributed by atoms with van der Waals surface area (Å²) in [6.07, 6.45) is 0. The number of hydrogen-bond acceptors (Lipinski definition) is 6. The number of halogens is 1. The van der Waals surface area contributed by atoms with Gasteiger partial charge in [0.25, 0.3) is 5.78 Å². The summed E-state index contributed by atoms with van der Waals surface area (Å²) < 4.78 is 19.5. The van der Waals surface area contributed by atoms with Crippen molar-refractivity contribution >= 4 is 44.1 Å². The van der Waals surface area contributed by atoms with Gasteiger partial charge in [0.2, 0.25) is 0 Å². The number of benzene rings is 3. The monoisotopic (exact) mass is 474 g/mol. The number of rotatable bonds is 4. The zero-order chi connectivity index (χ0) is 24.0. The lowest BCUT2D eigenvalue weighted by Gasteiger charge is -2.23. The molecule has 1 amide bonds.